The average molecular weight is 297 g/mol. The number of hydrogen-bond donors (Lipinski definition) is 1. The molecule has 1 aromatic heterocycles. The summed E-state index contributed by atoms with van der Waals surface area (Å²) in [7, 11) is 0. The molecule has 0 amide bonds. The smallest absolute Gasteiger partial charge is 0.149 e. The zero-order valence-electron chi connectivity index (χ0n) is 12.5. The molecule has 110 valence electrons. The fourth-order valence-electron chi connectivity index (χ4n) is 2.93. The predicted molar refractivity (Wildman–Crippen MR) is 94.3 cm³/mol. The van der Waals surface area contributed by atoms with E-state index in [0.29, 0.717) is 5.52 Å². The van der Waals surface area contributed by atoms with Gasteiger partial charge in [0.05, 0.1) is 0 Å². The van der Waals surface area contributed by atoms with Crippen LogP contribution in [0.3, 0.4) is 0 Å². The highest BCUT2D eigenvalue weighted by atomic mass is 16.3. The van der Waals surface area contributed by atoms with Gasteiger partial charge in [-0.1, -0.05) is 66.7 Å². The molecule has 1 heterocycles. The standard InChI is InChI=1S/C21H15NO/c23-21-19(13-12-16-9-6-14-22-20(16)21)18-11-5-4-10-17(18)15-7-2-1-3-8-15/h1-14,23H. The second-order valence-electron chi connectivity index (χ2n) is 5.45. The van der Waals surface area contributed by atoms with Crippen LogP contribution >= 0.6 is 0 Å². The van der Waals surface area contributed by atoms with Gasteiger partial charge in [0.25, 0.3) is 0 Å². The van der Waals surface area contributed by atoms with E-state index in [4.69, 9.17) is 0 Å². The summed E-state index contributed by atoms with van der Waals surface area (Å²) in [5.41, 5.74) is 4.66. The zero-order chi connectivity index (χ0) is 15.6. The van der Waals surface area contributed by atoms with E-state index in [9.17, 15) is 5.11 Å². The van der Waals surface area contributed by atoms with Gasteiger partial charge in [-0.15, -0.1) is 0 Å². The minimum absolute atomic E-state index is 0.228. The minimum Gasteiger partial charge on any atom is -0.505 e. The molecule has 0 aliphatic rings. The molecule has 0 spiro atoms. The number of phenols is 1. The molecule has 2 nitrogen and oxygen atoms in total. The predicted octanol–water partition coefficient (Wildman–Crippen LogP) is 5.27. The molecule has 2 heteroatoms. The van der Waals surface area contributed by atoms with Gasteiger partial charge in [-0.25, -0.2) is 0 Å². The molecular weight excluding hydrogens is 282 g/mol. The third-order valence-corrected chi connectivity index (χ3v) is 4.05. The molecule has 0 bridgehead atoms. The Hall–Kier alpha value is -3.13. The number of fused-ring (bicyclic) bond motifs is 1. The van der Waals surface area contributed by atoms with Crippen molar-refractivity contribution in [2.45, 2.75) is 0 Å². The van der Waals surface area contributed by atoms with Gasteiger partial charge >= 0.3 is 0 Å². The lowest BCUT2D eigenvalue weighted by Crippen LogP contribution is -1.87. The number of aromatic hydroxyl groups is 1. The largest absolute Gasteiger partial charge is 0.505 e. The van der Waals surface area contributed by atoms with E-state index in [1.165, 1.54) is 0 Å². The van der Waals surface area contributed by atoms with Crippen molar-refractivity contribution in [3.8, 4) is 28.0 Å². The summed E-state index contributed by atoms with van der Waals surface area (Å²) < 4.78 is 0. The normalized spacial score (nSPS) is 10.8. The number of rotatable bonds is 2. The molecule has 0 atom stereocenters. The molecule has 1 N–H and O–H groups in total. The second-order valence-corrected chi connectivity index (χ2v) is 5.45. The Morgan fingerprint density at radius 3 is 2.17 bits per heavy atom. The van der Waals surface area contributed by atoms with Gasteiger partial charge in [-0.3, -0.25) is 4.98 Å². The van der Waals surface area contributed by atoms with Crippen LogP contribution in [0, 0.1) is 0 Å². The lowest BCUT2D eigenvalue weighted by Gasteiger charge is -2.12. The second kappa shape index (κ2) is 5.58. The van der Waals surface area contributed by atoms with Crippen LogP contribution in [0.5, 0.6) is 5.75 Å². The highest BCUT2D eigenvalue weighted by Gasteiger charge is 2.13. The molecule has 4 aromatic rings. The van der Waals surface area contributed by atoms with Crippen LogP contribution in [0.2, 0.25) is 0 Å². The Bertz CT molecular complexity index is 977. The van der Waals surface area contributed by atoms with E-state index in [1.54, 1.807) is 6.20 Å². The van der Waals surface area contributed by atoms with Crippen LogP contribution in [0.15, 0.2) is 85.1 Å². The van der Waals surface area contributed by atoms with Crippen LogP contribution in [0.25, 0.3) is 33.2 Å². The number of hydrogen-bond acceptors (Lipinski definition) is 2. The van der Waals surface area contributed by atoms with E-state index in [-0.39, 0.29) is 5.75 Å². The monoisotopic (exact) mass is 297 g/mol. The first-order valence-electron chi connectivity index (χ1n) is 7.56. The van der Waals surface area contributed by atoms with Crippen molar-refractivity contribution in [2.75, 3.05) is 0 Å². The van der Waals surface area contributed by atoms with Crippen molar-refractivity contribution in [1.29, 1.82) is 0 Å². The van der Waals surface area contributed by atoms with Gasteiger partial charge in [0.2, 0.25) is 0 Å². The molecule has 0 unspecified atom stereocenters. The van der Waals surface area contributed by atoms with Gasteiger partial charge in [-0.2, -0.15) is 0 Å². The highest BCUT2D eigenvalue weighted by Crippen LogP contribution is 2.39. The van der Waals surface area contributed by atoms with Gasteiger partial charge in [0, 0.05) is 17.1 Å². The highest BCUT2D eigenvalue weighted by molar-refractivity contribution is 5.95. The minimum atomic E-state index is 0.228. The summed E-state index contributed by atoms with van der Waals surface area (Å²) >= 11 is 0. The molecule has 0 saturated carbocycles. The van der Waals surface area contributed by atoms with E-state index in [2.05, 4.69) is 23.2 Å². The molecular formula is C21H15NO. The van der Waals surface area contributed by atoms with Gasteiger partial charge in [-0.05, 0) is 28.8 Å². The fourth-order valence-corrected chi connectivity index (χ4v) is 2.93. The topological polar surface area (TPSA) is 33.1 Å². The van der Waals surface area contributed by atoms with Crippen LogP contribution < -0.4 is 0 Å². The average Bonchev–Trinajstić information content (AvgIpc) is 2.63. The van der Waals surface area contributed by atoms with Gasteiger partial charge in [0.15, 0.2) is 0 Å². The number of nitrogens with zero attached hydrogens (tertiary/aromatic N) is 1. The maximum absolute atomic E-state index is 10.7. The Kier molecular flexibility index (Phi) is 3.28. The van der Waals surface area contributed by atoms with Gasteiger partial charge < -0.3 is 5.11 Å². The summed E-state index contributed by atoms with van der Waals surface area (Å²) in [5.74, 6) is 0.228. The Morgan fingerprint density at radius 2 is 1.35 bits per heavy atom. The van der Waals surface area contributed by atoms with E-state index >= 15 is 0 Å². The van der Waals surface area contributed by atoms with Crippen LogP contribution in [-0.2, 0) is 0 Å². The molecule has 0 aliphatic heterocycles. The lowest BCUT2D eigenvalue weighted by molar-refractivity contribution is 0.482. The Morgan fingerprint density at radius 1 is 0.609 bits per heavy atom. The molecule has 0 aliphatic carbocycles. The summed E-state index contributed by atoms with van der Waals surface area (Å²) in [6.07, 6.45) is 1.70. The number of phenolic OH excluding ortho intramolecular Hbond substituents is 1. The number of benzene rings is 3. The van der Waals surface area contributed by atoms with Crippen molar-refractivity contribution in [1.82, 2.24) is 4.98 Å². The number of aromatic nitrogens is 1. The van der Waals surface area contributed by atoms with Crippen molar-refractivity contribution in [3.63, 3.8) is 0 Å². The van der Waals surface area contributed by atoms with Gasteiger partial charge in [0.1, 0.15) is 11.3 Å². The van der Waals surface area contributed by atoms with Crippen LogP contribution in [-0.4, -0.2) is 10.1 Å². The zero-order valence-corrected chi connectivity index (χ0v) is 12.5. The lowest BCUT2D eigenvalue weighted by atomic mass is 9.93. The van der Waals surface area contributed by atoms with Crippen LogP contribution in [0.1, 0.15) is 0 Å². The molecule has 0 fully saturated rings. The van der Waals surface area contributed by atoms with E-state index in [1.807, 2.05) is 60.7 Å². The van der Waals surface area contributed by atoms with Crippen molar-refractivity contribution in [2.24, 2.45) is 0 Å². The van der Waals surface area contributed by atoms with E-state index < -0.39 is 0 Å². The summed E-state index contributed by atoms with van der Waals surface area (Å²) in [4.78, 5) is 4.32. The maximum Gasteiger partial charge on any atom is 0.149 e. The third kappa shape index (κ3) is 2.34. The maximum atomic E-state index is 10.7. The van der Waals surface area contributed by atoms with Crippen LogP contribution in [0.4, 0.5) is 0 Å². The first kappa shape index (κ1) is 13.5. The third-order valence-electron chi connectivity index (χ3n) is 4.05. The van der Waals surface area contributed by atoms with E-state index in [0.717, 1.165) is 27.6 Å². The molecule has 4 rings (SSSR count). The summed E-state index contributed by atoms with van der Waals surface area (Å²) in [5, 5.41) is 11.6. The first-order valence-corrected chi connectivity index (χ1v) is 7.56. The van der Waals surface area contributed by atoms with Crippen molar-refractivity contribution >= 4 is 10.9 Å². The Balaban J connectivity index is 1.98. The van der Waals surface area contributed by atoms with Crippen molar-refractivity contribution in [3.05, 3.63) is 85.1 Å². The molecule has 3 aromatic carbocycles. The molecule has 0 saturated heterocycles. The first-order chi connectivity index (χ1) is 11.3. The summed E-state index contributed by atoms with van der Waals surface area (Å²) in [6.45, 7) is 0. The number of pyridine rings is 1. The quantitative estimate of drug-likeness (QED) is 0.546. The fraction of sp³-hybridized carbons (Fsp3) is 0. The van der Waals surface area contributed by atoms with Crippen molar-refractivity contribution < 1.29 is 5.11 Å². The molecule has 0 radical (unpaired) electrons. The Labute approximate surface area is 134 Å². The summed E-state index contributed by atoms with van der Waals surface area (Å²) in [6, 6.07) is 26.1. The SMILES string of the molecule is Oc1c(-c2ccccc2-c2ccccc2)ccc2cccnc12. The molecule has 23 heavy (non-hydrogen) atoms.